The molecule has 164 valence electrons. The smallest absolute Gasteiger partial charge is 0.270 e. The summed E-state index contributed by atoms with van der Waals surface area (Å²) in [4.78, 5) is 36.0. The molecule has 2 N–H and O–H groups in total. The molecular weight excluding hydrogens is 473 g/mol. The van der Waals surface area contributed by atoms with Gasteiger partial charge in [0.2, 0.25) is 5.91 Å². The number of non-ortho nitro benzene ring substituents is 1. The molecule has 3 aromatic rings. The molecule has 1 unspecified atom stereocenters. The van der Waals surface area contributed by atoms with Crippen molar-refractivity contribution in [2.45, 2.75) is 17.1 Å². The number of carbonyl (C=O) groups excluding carboxylic acids is 2. The van der Waals surface area contributed by atoms with Crippen molar-refractivity contribution < 1.29 is 14.5 Å². The second kappa shape index (κ2) is 10.5. The van der Waals surface area contributed by atoms with Gasteiger partial charge in [-0.1, -0.05) is 29.3 Å². The monoisotopic (exact) mass is 489 g/mol. The number of hydrogen-bond acceptors (Lipinski definition) is 5. The summed E-state index contributed by atoms with van der Waals surface area (Å²) in [6.45, 7) is 1.77. The van der Waals surface area contributed by atoms with E-state index in [1.165, 1.54) is 36.0 Å². The van der Waals surface area contributed by atoms with Crippen molar-refractivity contribution in [3.63, 3.8) is 0 Å². The number of thioether (sulfide) groups is 1. The molecule has 0 aliphatic carbocycles. The highest BCUT2D eigenvalue weighted by molar-refractivity contribution is 8.00. The molecule has 0 radical (unpaired) electrons. The zero-order valence-electron chi connectivity index (χ0n) is 16.7. The van der Waals surface area contributed by atoms with E-state index in [9.17, 15) is 19.7 Å². The first kappa shape index (κ1) is 23.6. The summed E-state index contributed by atoms with van der Waals surface area (Å²) in [5.74, 6) is -0.668. The Morgan fingerprint density at radius 2 is 1.59 bits per heavy atom. The Balaban J connectivity index is 1.59. The maximum Gasteiger partial charge on any atom is 0.270 e. The summed E-state index contributed by atoms with van der Waals surface area (Å²) in [7, 11) is 0. The van der Waals surface area contributed by atoms with E-state index in [1.54, 1.807) is 49.4 Å². The van der Waals surface area contributed by atoms with Gasteiger partial charge < -0.3 is 10.6 Å². The first-order valence-corrected chi connectivity index (χ1v) is 10.9. The highest BCUT2D eigenvalue weighted by Crippen LogP contribution is 2.27. The number of nitrogens with zero attached hydrogens (tertiary/aromatic N) is 1. The zero-order valence-corrected chi connectivity index (χ0v) is 19.0. The Kier molecular flexibility index (Phi) is 7.74. The standard InChI is InChI=1S/C22H17Cl2N3O4S/c1-13(21(28)26-18-11-15(23)10-16(24)12-18)32-20-7-5-17(6-8-20)25-22(29)14-3-2-4-19(9-14)27(30)31/h2-13H,1H3,(H,25,29)(H,26,28). The number of halogens is 2. The lowest BCUT2D eigenvalue weighted by molar-refractivity contribution is -0.384. The number of nitro groups is 1. The van der Waals surface area contributed by atoms with Crippen LogP contribution in [0.25, 0.3) is 0 Å². The second-order valence-electron chi connectivity index (χ2n) is 6.69. The highest BCUT2D eigenvalue weighted by atomic mass is 35.5. The Morgan fingerprint density at radius 3 is 2.22 bits per heavy atom. The first-order valence-electron chi connectivity index (χ1n) is 9.31. The molecule has 10 heteroatoms. The fraction of sp³-hybridized carbons (Fsp3) is 0.0909. The van der Waals surface area contributed by atoms with Gasteiger partial charge in [-0.2, -0.15) is 0 Å². The Morgan fingerprint density at radius 1 is 0.938 bits per heavy atom. The lowest BCUT2D eigenvalue weighted by Crippen LogP contribution is -2.22. The summed E-state index contributed by atoms with van der Waals surface area (Å²) >= 11 is 13.2. The van der Waals surface area contributed by atoms with Crippen LogP contribution in [0.15, 0.2) is 71.6 Å². The van der Waals surface area contributed by atoms with Gasteiger partial charge in [0.1, 0.15) is 0 Å². The van der Waals surface area contributed by atoms with E-state index in [1.807, 2.05) is 0 Å². The van der Waals surface area contributed by atoms with Gasteiger partial charge in [-0.25, -0.2) is 0 Å². The van der Waals surface area contributed by atoms with Crippen LogP contribution in [0.3, 0.4) is 0 Å². The van der Waals surface area contributed by atoms with Crippen LogP contribution in [0, 0.1) is 10.1 Å². The Bertz CT molecular complexity index is 1150. The number of benzene rings is 3. The number of amides is 2. The molecule has 0 heterocycles. The Labute approximate surface area is 198 Å². The van der Waals surface area contributed by atoms with Crippen LogP contribution in [0.2, 0.25) is 10.0 Å². The molecule has 0 bridgehead atoms. The lowest BCUT2D eigenvalue weighted by Gasteiger charge is -2.13. The van der Waals surface area contributed by atoms with Crippen molar-refractivity contribution in [3.05, 3.63) is 92.5 Å². The van der Waals surface area contributed by atoms with E-state index in [2.05, 4.69) is 10.6 Å². The van der Waals surface area contributed by atoms with Gasteiger partial charge in [0, 0.05) is 44.0 Å². The van der Waals surface area contributed by atoms with Crippen LogP contribution in [0.5, 0.6) is 0 Å². The molecule has 1 atom stereocenters. The van der Waals surface area contributed by atoms with E-state index >= 15 is 0 Å². The van der Waals surface area contributed by atoms with Crippen molar-refractivity contribution in [1.29, 1.82) is 0 Å². The van der Waals surface area contributed by atoms with E-state index in [-0.39, 0.29) is 17.2 Å². The third-order valence-electron chi connectivity index (χ3n) is 4.24. The zero-order chi connectivity index (χ0) is 23.3. The molecule has 7 nitrogen and oxygen atoms in total. The molecular formula is C22H17Cl2N3O4S. The van der Waals surface area contributed by atoms with Gasteiger partial charge in [-0.05, 0) is 55.5 Å². The van der Waals surface area contributed by atoms with E-state index in [0.717, 1.165) is 4.90 Å². The molecule has 3 rings (SSSR count). The van der Waals surface area contributed by atoms with Crippen LogP contribution < -0.4 is 10.6 Å². The van der Waals surface area contributed by atoms with Gasteiger partial charge in [0.25, 0.3) is 11.6 Å². The number of carbonyl (C=O) groups is 2. The molecule has 0 fully saturated rings. The van der Waals surface area contributed by atoms with Gasteiger partial charge >= 0.3 is 0 Å². The van der Waals surface area contributed by atoms with Crippen molar-refractivity contribution in [2.24, 2.45) is 0 Å². The summed E-state index contributed by atoms with van der Waals surface area (Å²) in [6.07, 6.45) is 0. The quantitative estimate of drug-likeness (QED) is 0.231. The third-order valence-corrected chi connectivity index (χ3v) is 5.79. The molecule has 2 amide bonds. The maximum atomic E-state index is 12.5. The van der Waals surface area contributed by atoms with E-state index in [0.29, 0.717) is 21.4 Å². The molecule has 0 aromatic heterocycles. The lowest BCUT2D eigenvalue weighted by atomic mass is 10.2. The summed E-state index contributed by atoms with van der Waals surface area (Å²) in [6, 6.07) is 17.2. The SMILES string of the molecule is CC(Sc1ccc(NC(=O)c2cccc([N+](=O)[O-])c2)cc1)C(=O)Nc1cc(Cl)cc(Cl)c1. The molecule has 0 aliphatic heterocycles. The average molecular weight is 490 g/mol. The third kappa shape index (κ3) is 6.46. The molecule has 32 heavy (non-hydrogen) atoms. The largest absolute Gasteiger partial charge is 0.325 e. The maximum absolute atomic E-state index is 12.5. The predicted octanol–water partition coefficient (Wildman–Crippen LogP) is 6.27. The van der Waals surface area contributed by atoms with Crippen LogP contribution >= 0.6 is 35.0 Å². The molecule has 0 saturated heterocycles. The fourth-order valence-corrected chi connectivity index (χ4v) is 4.10. The number of nitro benzene ring substituents is 1. The van der Waals surface area contributed by atoms with E-state index in [4.69, 9.17) is 23.2 Å². The van der Waals surface area contributed by atoms with Crippen LogP contribution in [0.4, 0.5) is 17.1 Å². The van der Waals surface area contributed by atoms with Crippen LogP contribution in [0.1, 0.15) is 17.3 Å². The molecule has 3 aromatic carbocycles. The highest BCUT2D eigenvalue weighted by Gasteiger charge is 2.16. The number of nitrogens with one attached hydrogen (secondary N) is 2. The summed E-state index contributed by atoms with van der Waals surface area (Å²) < 4.78 is 0. The summed E-state index contributed by atoms with van der Waals surface area (Å²) in [5.41, 5.74) is 1.07. The van der Waals surface area contributed by atoms with Gasteiger partial charge in [-0.3, -0.25) is 19.7 Å². The Hall–Kier alpha value is -3.07. The molecule has 0 aliphatic rings. The number of anilines is 2. The molecule has 0 spiro atoms. The average Bonchev–Trinajstić information content (AvgIpc) is 2.74. The van der Waals surface area contributed by atoms with Crippen molar-refractivity contribution in [3.8, 4) is 0 Å². The van der Waals surface area contributed by atoms with Crippen molar-refractivity contribution in [1.82, 2.24) is 0 Å². The predicted molar refractivity (Wildman–Crippen MR) is 128 cm³/mol. The second-order valence-corrected chi connectivity index (χ2v) is 8.98. The number of hydrogen-bond donors (Lipinski definition) is 2. The van der Waals surface area contributed by atoms with Gasteiger partial charge in [0.05, 0.1) is 10.2 Å². The minimum Gasteiger partial charge on any atom is -0.325 e. The van der Waals surface area contributed by atoms with Crippen LogP contribution in [-0.2, 0) is 4.79 Å². The minimum absolute atomic E-state index is 0.156. The van der Waals surface area contributed by atoms with Crippen molar-refractivity contribution in [2.75, 3.05) is 10.6 Å². The van der Waals surface area contributed by atoms with Crippen molar-refractivity contribution >= 4 is 63.8 Å². The topological polar surface area (TPSA) is 101 Å². The van der Waals surface area contributed by atoms with E-state index < -0.39 is 16.1 Å². The fourth-order valence-electron chi connectivity index (χ4n) is 2.71. The van der Waals surface area contributed by atoms with Gasteiger partial charge in [-0.15, -0.1) is 11.8 Å². The first-order chi connectivity index (χ1) is 15.2. The van der Waals surface area contributed by atoms with Crippen LogP contribution in [-0.4, -0.2) is 22.0 Å². The normalized spacial score (nSPS) is 11.5. The summed E-state index contributed by atoms with van der Waals surface area (Å²) in [5, 5.41) is 16.8. The van der Waals surface area contributed by atoms with Gasteiger partial charge in [0.15, 0.2) is 0 Å². The number of rotatable bonds is 7. The minimum atomic E-state index is -0.554. The molecule has 0 saturated carbocycles.